The second-order valence-electron chi connectivity index (χ2n) is 19.4. The molecule has 0 heterocycles. The standard InChI is InChI=1S/C58H103NO7/c1-6-8-10-12-14-16-18-20-22-24-26-27-28-29-31-32-34-36-38-40-42-44-46-48-56(60)65-53-54(52-64-51-50-55(58(62)63)59(3,4)5)66-57(61)49-47-45-43-41-39-37-35-33-30-25-23-21-19-17-15-13-11-9-7-2/h8,10,14,16,20,22,26-27,29,31,54-55H,6-7,9,11-13,15,17-19,21,23-25,28,30,32-53H2,1-5H3/b10-8+,16-14+,22-20+,27-26+,31-29+. The lowest BCUT2D eigenvalue weighted by atomic mass is 10.0. The van der Waals surface area contributed by atoms with Gasteiger partial charge >= 0.3 is 11.9 Å². The van der Waals surface area contributed by atoms with Crippen LogP contribution in [-0.2, 0) is 28.6 Å². The predicted octanol–water partition coefficient (Wildman–Crippen LogP) is 14.8. The van der Waals surface area contributed by atoms with Gasteiger partial charge in [-0.2, -0.15) is 0 Å². The minimum Gasteiger partial charge on any atom is -0.544 e. The monoisotopic (exact) mass is 926 g/mol. The zero-order valence-electron chi connectivity index (χ0n) is 43.6. The quantitative estimate of drug-likeness (QED) is 0.0259. The minimum atomic E-state index is -1.13. The van der Waals surface area contributed by atoms with E-state index in [9.17, 15) is 19.5 Å². The molecule has 0 aliphatic rings. The number of carboxylic acids is 1. The number of carboxylic acid groups (broad SMARTS) is 1. The maximum atomic E-state index is 12.8. The molecule has 0 aliphatic heterocycles. The van der Waals surface area contributed by atoms with Crippen LogP contribution in [0.5, 0.6) is 0 Å². The normalized spacial score (nSPS) is 13.3. The highest BCUT2D eigenvalue weighted by atomic mass is 16.6. The summed E-state index contributed by atoms with van der Waals surface area (Å²) >= 11 is 0. The van der Waals surface area contributed by atoms with E-state index in [0.29, 0.717) is 12.8 Å². The lowest BCUT2D eigenvalue weighted by Gasteiger charge is -2.34. The molecule has 0 amide bonds. The number of likely N-dealkylation sites (N-methyl/N-ethyl adjacent to an activating group) is 1. The number of allylic oxidation sites excluding steroid dienone is 10. The van der Waals surface area contributed by atoms with Crippen LogP contribution in [0.4, 0.5) is 0 Å². The molecule has 0 rings (SSSR count). The topological polar surface area (TPSA) is 102 Å². The van der Waals surface area contributed by atoms with Gasteiger partial charge in [0.15, 0.2) is 6.10 Å². The van der Waals surface area contributed by atoms with Crippen LogP contribution in [0.2, 0.25) is 0 Å². The fourth-order valence-electron chi connectivity index (χ4n) is 7.98. The second kappa shape index (κ2) is 48.5. The molecule has 8 nitrogen and oxygen atoms in total. The predicted molar refractivity (Wildman–Crippen MR) is 277 cm³/mol. The Kier molecular flexibility index (Phi) is 46.3. The molecule has 8 heteroatoms. The summed E-state index contributed by atoms with van der Waals surface area (Å²) in [5.41, 5.74) is 0. The van der Waals surface area contributed by atoms with Crippen molar-refractivity contribution in [3.63, 3.8) is 0 Å². The molecule has 382 valence electrons. The Balaban J connectivity index is 4.22. The number of esters is 2. The number of hydrogen-bond acceptors (Lipinski definition) is 7. The molecular formula is C58H103NO7. The summed E-state index contributed by atoms with van der Waals surface area (Å²) in [6.45, 7) is 4.57. The molecule has 0 aromatic carbocycles. The zero-order chi connectivity index (χ0) is 48.4. The van der Waals surface area contributed by atoms with Gasteiger partial charge in [-0.05, 0) is 57.8 Å². The number of rotatable bonds is 49. The molecule has 0 aromatic rings. The first kappa shape index (κ1) is 63.0. The van der Waals surface area contributed by atoms with Crippen molar-refractivity contribution in [2.24, 2.45) is 0 Å². The lowest BCUT2D eigenvalue weighted by molar-refractivity contribution is -0.889. The van der Waals surface area contributed by atoms with Crippen LogP contribution in [0, 0.1) is 0 Å². The Morgan fingerprint density at radius 2 is 0.848 bits per heavy atom. The number of unbranched alkanes of at least 4 members (excludes halogenated alkanes) is 25. The van der Waals surface area contributed by atoms with Crippen molar-refractivity contribution in [3.05, 3.63) is 60.8 Å². The Bertz CT molecular complexity index is 1260. The maximum absolute atomic E-state index is 12.8. The van der Waals surface area contributed by atoms with E-state index in [2.05, 4.69) is 74.6 Å². The molecule has 2 atom stereocenters. The number of carbonyl (C=O) groups excluding carboxylic acids is 3. The summed E-state index contributed by atoms with van der Waals surface area (Å²) in [5, 5.41) is 11.7. The van der Waals surface area contributed by atoms with E-state index >= 15 is 0 Å². The van der Waals surface area contributed by atoms with Gasteiger partial charge < -0.3 is 28.6 Å². The molecule has 0 bridgehead atoms. The second-order valence-corrected chi connectivity index (χ2v) is 19.4. The van der Waals surface area contributed by atoms with E-state index in [1.54, 1.807) is 21.1 Å². The fraction of sp³-hybridized carbons (Fsp3) is 0.776. The van der Waals surface area contributed by atoms with Crippen LogP contribution in [0.1, 0.15) is 239 Å². The SMILES string of the molecule is CC/C=C/C/C=C/C/C=C/C/C=C/C/C=C/CCCCCCCCCC(=O)OCC(COCCC(C(=O)[O-])[N+](C)(C)C)OC(=O)CCCCCCCCCCCCCCCCCCCCC. The van der Waals surface area contributed by atoms with Gasteiger partial charge in [0, 0.05) is 19.3 Å². The first-order valence-electron chi connectivity index (χ1n) is 27.3. The van der Waals surface area contributed by atoms with Gasteiger partial charge in [0.05, 0.1) is 40.3 Å². The molecule has 0 spiro atoms. The van der Waals surface area contributed by atoms with Crippen molar-refractivity contribution in [1.29, 1.82) is 0 Å². The Hall–Kier alpha value is -2.97. The van der Waals surface area contributed by atoms with E-state index in [1.807, 2.05) is 0 Å². The average molecular weight is 926 g/mol. The third-order valence-corrected chi connectivity index (χ3v) is 12.2. The summed E-state index contributed by atoms with van der Waals surface area (Å²) in [6, 6.07) is -0.729. The van der Waals surface area contributed by atoms with E-state index in [-0.39, 0.29) is 42.7 Å². The summed E-state index contributed by atoms with van der Waals surface area (Å²) in [6.07, 6.45) is 61.1. The third-order valence-electron chi connectivity index (χ3n) is 12.2. The van der Waals surface area contributed by atoms with Gasteiger partial charge in [0.1, 0.15) is 12.6 Å². The van der Waals surface area contributed by atoms with Gasteiger partial charge in [-0.1, -0.05) is 222 Å². The number of hydrogen-bond donors (Lipinski definition) is 0. The third kappa shape index (κ3) is 46.2. The summed E-state index contributed by atoms with van der Waals surface area (Å²) in [5.74, 6) is -1.74. The largest absolute Gasteiger partial charge is 0.544 e. The van der Waals surface area contributed by atoms with Crippen molar-refractivity contribution < 1.29 is 38.2 Å². The van der Waals surface area contributed by atoms with Crippen LogP contribution in [0.25, 0.3) is 0 Å². The number of nitrogens with zero attached hydrogens (tertiary/aromatic N) is 1. The van der Waals surface area contributed by atoms with Crippen LogP contribution >= 0.6 is 0 Å². The van der Waals surface area contributed by atoms with Crippen molar-refractivity contribution in [1.82, 2.24) is 0 Å². The van der Waals surface area contributed by atoms with Crippen LogP contribution < -0.4 is 5.11 Å². The van der Waals surface area contributed by atoms with Crippen molar-refractivity contribution >= 4 is 17.9 Å². The fourth-order valence-corrected chi connectivity index (χ4v) is 7.98. The average Bonchev–Trinajstić information content (AvgIpc) is 3.28. The van der Waals surface area contributed by atoms with Crippen LogP contribution in [0.3, 0.4) is 0 Å². The highest BCUT2D eigenvalue weighted by Gasteiger charge is 2.25. The van der Waals surface area contributed by atoms with Crippen LogP contribution in [-0.4, -0.2) is 75.5 Å². The van der Waals surface area contributed by atoms with Gasteiger partial charge in [-0.3, -0.25) is 9.59 Å². The number of carbonyl (C=O) groups is 3. The molecule has 0 saturated carbocycles. The van der Waals surface area contributed by atoms with Gasteiger partial charge in [0.2, 0.25) is 0 Å². The number of quaternary nitrogens is 1. The molecule has 0 fully saturated rings. The highest BCUT2D eigenvalue weighted by molar-refractivity contribution is 5.70. The smallest absolute Gasteiger partial charge is 0.306 e. The van der Waals surface area contributed by atoms with Gasteiger partial charge in [-0.25, -0.2) is 0 Å². The lowest BCUT2D eigenvalue weighted by Crippen LogP contribution is -2.55. The maximum Gasteiger partial charge on any atom is 0.306 e. The Morgan fingerprint density at radius 1 is 0.470 bits per heavy atom. The molecule has 0 aromatic heterocycles. The van der Waals surface area contributed by atoms with Crippen molar-refractivity contribution in [3.8, 4) is 0 Å². The summed E-state index contributed by atoms with van der Waals surface area (Å²) in [7, 11) is 5.42. The summed E-state index contributed by atoms with van der Waals surface area (Å²) in [4.78, 5) is 37.1. The van der Waals surface area contributed by atoms with Gasteiger partial charge in [-0.15, -0.1) is 0 Å². The minimum absolute atomic E-state index is 0.0379. The summed E-state index contributed by atoms with van der Waals surface area (Å²) < 4.78 is 17.3. The molecule has 0 aliphatic carbocycles. The number of aliphatic carboxylic acids is 1. The highest BCUT2D eigenvalue weighted by Crippen LogP contribution is 2.16. The zero-order valence-corrected chi connectivity index (χ0v) is 43.6. The van der Waals surface area contributed by atoms with E-state index in [0.717, 1.165) is 77.0 Å². The Morgan fingerprint density at radius 3 is 1.26 bits per heavy atom. The van der Waals surface area contributed by atoms with Crippen molar-refractivity contribution in [2.75, 3.05) is 41.0 Å². The first-order valence-corrected chi connectivity index (χ1v) is 27.3. The molecule has 2 unspecified atom stereocenters. The van der Waals surface area contributed by atoms with E-state index in [4.69, 9.17) is 14.2 Å². The van der Waals surface area contributed by atoms with E-state index in [1.165, 1.54) is 128 Å². The molecular weight excluding hydrogens is 823 g/mol. The van der Waals surface area contributed by atoms with Crippen molar-refractivity contribution in [2.45, 2.75) is 251 Å². The Labute approximate surface area is 407 Å². The van der Waals surface area contributed by atoms with Crippen LogP contribution in [0.15, 0.2) is 60.8 Å². The molecule has 0 N–H and O–H groups in total. The first-order chi connectivity index (χ1) is 32.1. The molecule has 0 radical (unpaired) electrons. The molecule has 0 saturated heterocycles. The number of ether oxygens (including phenoxy) is 3. The molecule has 66 heavy (non-hydrogen) atoms. The van der Waals surface area contributed by atoms with Gasteiger partial charge in [0.25, 0.3) is 0 Å². The van der Waals surface area contributed by atoms with E-state index < -0.39 is 18.1 Å².